The van der Waals surface area contributed by atoms with Gasteiger partial charge in [-0.05, 0) is 81.7 Å². The topological polar surface area (TPSA) is 12.0 Å². The van der Waals surface area contributed by atoms with Gasteiger partial charge in [-0.1, -0.05) is 30.8 Å². The largest absolute Gasteiger partial charge is 0.332 e. The minimum atomic E-state index is -1.60. The van der Waals surface area contributed by atoms with Crippen molar-refractivity contribution in [3.05, 3.63) is 40.0 Å². The minimum Gasteiger partial charge on any atom is -0.332 e. The number of benzene rings is 1. The number of hydrogen-bond donors (Lipinski definition) is 1. The third kappa shape index (κ3) is 4.01. The molecule has 0 bridgehead atoms. The van der Waals surface area contributed by atoms with Crippen LogP contribution in [0.15, 0.2) is 17.7 Å². The molecule has 1 aromatic carbocycles. The molecule has 24 heavy (non-hydrogen) atoms. The van der Waals surface area contributed by atoms with Gasteiger partial charge in [0.2, 0.25) is 0 Å². The molecule has 0 spiro atoms. The van der Waals surface area contributed by atoms with E-state index in [1.807, 2.05) is 0 Å². The van der Waals surface area contributed by atoms with Crippen LogP contribution in [0.1, 0.15) is 68.8 Å². The van der Waals surface area contributed by atoms with E-state index < -0.39 is 8.24 Å². The maximum Gasteiger partial charge on any atom is 0.131 e. The molecular formula is C20H31Li2NSi. The van der Waals surface area contributed by atoms with Crippen molar-refractivity contribution in [2.24, 2.45) is 0 Å². The van der Waals surface area contributed by atoms with Crippen LogP contribution in [-0.2, 0) is 12.8 Å². The third-order valence-corrected chi connectivity index (χ3v) is 9.00. The van der Waals surface area contributed by atoms with Crippen LogP contribution < -0.4 is 4.98 Å². The molecule has 0 saturated heterocycles. The molecule has 122 valence electrons. The minimum absolute atomic E-state index is 0. The first-order valence-electron chi connectivity index (χ1n) is 8.73. The van der Waals surface area contributed by atoms with E-state index >= 15 is 0 Å². The molecule has 1 nitrogen and oxygen atoms in total. The predicted molar refractivity (Wildman–Crippen MR) is 111 cm³/mol. The van der Waals surface area contributed by atoms with Crippen molar-refractivity contribution in [2.45, 2.75) is 78.1 Å². The molecule has 1 atom stereocenters. The van der Waals surface area contributed by atoms with Crippen molar-refractivity contribution in [1.29, 1.82) is 0 Å². The molecule has 1 aromatic rings. The first kappa shape index (κ1) is 22.4. The SMILES string of the molecule is CC1=C(C)C([Si](C)(C)NC(C)(C)C)c2cc3c(cc21)CCC3.[Li].[Li]. The Morgan fingerprint density at radius 3 is 2.08 bits per heavy atom. The van der Waals surface area contributed by atoms with Crippen LogP contribution in [0.3, 0.4) is 0 Å². The van der Waals surface area contributed by atoms with Crippen molar-refractivity contribution in [1.82, 2.24) is 4.98 Å². The van der Waals surface area contributed by atoms with Gasteiger partial charge in [-0.25, -0.2) is 0 Å². The van der Waals surface area contributed by atoms with Gasteiger partial charge in [0, 0.05) is 48.8 Å². The van der Waals surface area contributed by atoms with Gasteiger partial charge in [0.25, 0.3) is 0 Å². The smallest absolute Gasteiger partial charge is 0.131 e. The molecule has 0 saturated carbocycles. The summed E-state index contributed by atoms with van der Waals surface area (Å²) in [6.45, 7) is 16.6. The number of aryl methyl sites for hydroxylation is 2. The van der Waals surface area contributed by atoms with E-state index in [9.17, 15) is 0 Å². The van der Waals surface area contributed by atoms with E-state index in [1.165, 1.54) is 24.8 Å². The number of rotatable bonds is 2. The van der Waals surface area contributed by atoms with Gasteiger partial charge in [-0.3, -0.25) is 0 Å². The van der Waals surface area contributed by atoms with Gasteiger partial charge < -0.3 is 4.98 Å². The Balaban J connectivity index is 0.00000144. The van der Waals surface area contributed by atoms with E-state index in [0.717, 1.165) is 0 Å². The van der Waals surface area contributed by atoms with Crippen LogP contribution in [0, 0.1) is 0 Å². The Hall–Kier alpha value is 0.332. The zero-order valence-corrected chi connectivity index (χ0v) is 18.4. The summed E-state index contributed by atoms with van der Waals surface area (Å²) in [6, 6.07) is 5.07. The van der Waals surface area contributed by atoms with E-state index in [0.29, 0.717) is 5.54 Å². The second-order valence-electron chi connectivity index (χ2n) is 8.90. The monoisotopic (exact) mass is 327 g/mol. The Morgan fingerprint density at radius 1 is 1.00 bits per heavy atom. The zero-order valence-electron chi connectivity index (χ0n) is 17.4. The summed E-state index contributed by atoms with van der Waals surface area (Å²) in [5, 5.41) is 0. The predicted octanol–water partition coefficient (Wildman–Crippen LogP) is 4.44. The molecule has 0 heterocycles. The molecule has 0 aliphatic heterocycles. The van der Waals surface area contributed by atoms with Crippen LogP contribution in [0.5, 0.6) is 0 Å². The zero-order chi connectivity index (χ0) is 16.3. The van der Waals surface area contributed by atoms with Gasteiger partial charge in [-0.2, -0.15) is 0 Å². The van der Waals surface area contributed by atoms with Crippen molar-refractivity contribution in [2.75, 3.05) is 0 Å². The van der Waals surface area contributed by atoms with E-state index in [1.54, 1.807) is 27.8 Å². The molecule has 2 radical (unpaired) electrons. The number of hydrogen-bond acceptors (Lipinski definition) is 1. The Morgan fingerprint density at radius 2 is 1.54 bits per heavy atom. The van der Waals surface area contributed by atoms with E-state index in [4.69, 9.17) is 0 Å². The van der Waals surface area contributed by atoms with Gasteiger partial charge >= 0.3 is 0 Å². The molecule has 0 aromatic heterocycles. The molecular weight excluding hydrogens is 296 g/mol. The normalized spacial score (nSPS) is 19.5. The average Bonchev–Trinajstić information content (AvgIpc) is 2.89. The fourth-order valence-corrected chi connectivity index (χ4v) is 9.23. The molecule has 1 unspecified atom stereocenters. The van der Waals surface area contributed by atoms with E-state index in [-0.39, 0.29) is 43.3 Å². The van der Waals surface area contributed by atoms with Gasteiger partial charge in [-0.15, -0.1) is 0 Å². The summed E-state index contributed by atoms with van der Waals surface area (Å²) in [7, 11) is -1.60. The summed E-state index contributed by atoms with van der Waals surface area (Å²) in [4.78, 5) is 4.00. The Labute approximate surface area is 173 Å². The molecule has 0 fully saturated rings. The molecule has 4 heteroatoms. The van der Waals surface area contributed by atoms with Crippen molar-refractivity contribution >= 4 is 51.5 Å². The first-order valence-corrected chi connectivity index (χ1v) is 11.8. The van der Waals surface area contributed by atoms with Crippen LogP contribution in [0.2, 0.25) is 13.1 Å². The molecule has 0 amide bonds. The van der Waals surface area contributed by atoms with Gasteiger partial charge in [0.1, 0.15) is 8.24 Å². The standard InChI is InChI=1S/C20H31NSi.2Li/c1-13-14(2)19(22(6,7)21-20(3,4)5)18-12-16-10-8-9-15(16)11-17(13)18;;/h11-12,19,21H,8-10H2,1-7H3;;. The maximum atomic E-state index is 4.00. The molecule has 1 N–H and O–H groups in total. The van der Waals surface area contributed by atoms with Crippen LogP contribution in [-0.4, -0.2) is 51.5 Å². The Bertz CT molecular complexity index is 656. The summed E-state index contributed by atoms with van der Waals surface area (Å²) in [5.41, 5.74) is 10.3. The summed E-state index contributed by atoms with van der Waals surface area (Å²) in [5.74, 6) is 0. The van der Waals surface area contributed by atoms with Gasteiger partial charge in [0.15, 0.2) is 0 Å². The van der Waals surface area contributed by atoms with Crippen molar-refractivity contribution in [3.63, 3.8) is 0 Å². The summed E-state index contributed by atoms with van der Waals surface area (Å²) >= 11 is 0. The molecule has 3 rings (SSSR count). The van der Waals surface area contributed by atoms with E-state index in [2.05, 4.69) is 64.8 Å². The first-order chi connectivity index (χ1) is 10.1. The Kier molecular flexibility index (Phi) is 7.01. The van der Waals surface area contributed by atoms with Crippen LogP contribution >= 0.6 is 0 Å². The second kappa shape index (κ2) is 7.52. The maximum absolute atomic E-state index is 4.00. The van der Waals surface area contributed by atoms with Gasteiger partial charge in [0.05, 0.1) is 0 Å². The van der Waals surface area contributed by atoms with Crippen LogP contribution in [0.25, 0.3) is 5.57 Å². The third-order valence-electron chi connectivity index (χ3n) is 5.42. The van der Waals surface area contributed by atoms with Crippen LogP contribution in [0.4, 0.5) is 0 Å². The number of fused-ring (bicyclic) bond motifs is 2. The summed E-state index contributed by atoms with van der Waals surface area (Å²) in [6.07, 6.45) is 3.90. The number of allylic oxidation sites excluding steroid dienone is 2. The second-order valence-corrected chi connectivity index (χ2v) is 13.2. The fourth-order valence-electron chi connectivity index (χ4n) is 4.84. The molecule has 2 aliphatic carbocycles. The number of nitrogens with one attached hydrogen (secondary N) is 1. The molecule has 2 aliphatic rings. The quantitative estimate of drug-likeness (QED) is 0.792. The average molecular weight is 327 g/mol. The summed E-state index contributed by atoms with van der Waals surface area (Å²) < 4.78 is 0. The van der Waals surface area contributed by atoms with Crippen molar-refractivity contribution < 1.29 is 0 Å². The fraction of sp³-hybridized carbons (Fsp3) is 0.600. The van der Waals surface area contributed by atoms with Crippen molar-refractivity contribution in [3.8, 4) is 0 Å².